The molecule has 1 aliphatic rings. The molecule has 0 saturated carbocycles. The van der Waals surface area contributed by atoms with Gasteiger partial charge in [-0.3, -0.25) is 9.69 Å². The molecule has 1 amide bonds. The van der Waals surface area contributed by atoms with Crippen molar-refractivity contribution in [1.29, 1.82) is 0 Å². The predicted molar refractivity (Wildman–Crippen MR) is 70.3 cm³/mol. The van der Waals surface area contributed by atoms with E-state index >= 15 is 0 Å². The highest BCUT2D eigenvalue weighted by molar-refractivity contribution is 5.78. The second-order valence-corrected chi connectivity index (χ2v) is 4.59. The van der Waals surface area contributed by atoms with Crippen molar-refractivity contribution in [3.8, 4) is 0 Å². The second kappa shape index (κ2) is 6.52. The first-order valence-electron chi connectivity index (χ1n) is 6.40. The molecule has 1 saturated heterocycles. The number of ether oxygens (including phenoxy) is 1. The lowest BCUT2D eigenvalue weighted by Crippen LogP contribution is -2.43. The van der Waals surface area contributed by atoms with Gasteiger partial charge in [0.25, 0.3) is 0 Å². The summed E-state index contributed by atoms with van der Waals surface area (Å²) in [6.07, 6.45) is 0. The molecular formula is C14H20N2O2. The van der Waals surface area contributed by atoms with Crippen LogP contribution in [-0.2, 0) is 9.53 Å². The van der Waals surface area contributed by atoms with E-state index in [0.717, 1.165) is 31.9 Å². The maximum atomic E-state index is 11.9. The number of hydrogen-bond acceptors (Lipinski definition) is 3. The van der Waals surface area contributed by atoms with Gasteiger partial charge >= 0.3 is 0 Å². The molecule has 18 heavy (non-hydrogen) atoms. The summed E-state index contributed by atoms with van der Waals surface area (Å²) in [6, 6.07) is 10.1. The fourth-order valence-corrected chi connectivity index (χ4v) is 2.07. The molecule has 0 unspecified atom stereocenters. The van der Waals surface area contributed by atoms with Gasteiger partial charge in [-0.15, -0.1) is 0 Å². The molecule has 1 heterocycles. The van der Waals surface area contributed by atoms with E-state index in [-0.39, 0.29) is 11.9 Å². The van der Waals surface area contributed by atoms with Gasteiger partial charge in [0.05, 0.1) is 25.8 Å². The molecule has 1 aromatic carbocycles. The zero-order valence-corrected chi connectivity index (χ0v) is 10.8. The average Bonchev–Trinajstić information content (AvgIpc) is 2.40. The maximum absolute atomic E-state index is 11.9. The van der Waals surface area contributed by atoms with Gasteiger partial charge in [-0.1, -0.05) is 30.3 Å². The summed E-state index contributed by atoms with van der Waals surface area (Å²) in [5, 5.41) is 3.02. The van der Waals surface area contributed by atoms with Gasteiger partial charge < -0.3 is 10.1 Å². The summed E-state index contributed by atoms with van der Waals surface area (Å²) in [4.78, 5) is 14.0. The monoisotopic (exact) mass is 248 g/mol. The highest BCUT2D eigenvalue weighted by Gasteiger charge is 2.15. The summed E-state index contributed by atoms with van der Waals surface area (Å²) < 4.78 is 5.26. The lowest BCUT2D eigenvalue weighted by molar-refractivity contribution is -0.123. The molecule has 0 aliphatic carbocycles. The Morgan fingerprint density at radius 3 is 2.67 bits per heavy atom. The smallest absolute Gasteiger partial charge is 0.234 e. The van der Waals surface area contributed by atoms with E-state index in [0.29, 0.717) is 6.54 Å². The summed E-state index contributed by atoms with van der Waals surface area (Å²) in [5.41, 5.74) is 1.13. The van der Waals surface area contributed by atoms with E-state index in [1.54, 1.807) is 0 Å². The largest absolute Gasteiger partial charge is 0.379 e. The van der Waals surface area contributed by atoms with Crippen LogP contribution in [0.1, 0.15) is 18.5 Å². The van der Waals surface area contributed by atoms with Gasteiger partial charge in [-0.25, -0.2) is 0 Å². The minimum absolute atomic E-state index is 0.0553. The lowest BCUT2D eigenvalue weighted by atomic mass is 10.1. The molecule has 1 fully saturated rings. The van der Waals surface area contributed by atoms with Crippen LogP contribution in [0.5, 0.6) is 0 Å². The second-order valence-electron chi connectivity index (χ2n) is 4.59. The fraction of sp³-hybridized carbons (Fsp3) is 0.500. The van der Waals surface area contributed by atoms with E-state index in [2.05, 4.69) is 10.2 Å². The molecular weight excluding hydrogens is 228 g/mol. The number of carbonyl (C=O) groups is 1. The van der Waals surface area contributed by atoms with Crippen molar-refractivity contribution >= 4 is 5.91 Å². The molecule has 0 spiro atoms. The van der Waals surface area contributed by atoms with Crippen molar-refractivity contribution in [2.24, 2.45) is 0 Å². The SMILES string of the molecule is C[C@H](NC(=O)CN1CCOCC1)c1ccccc1. The average molecular weight is 248 g/mol. The van der Waals surface area contributed by atoms with Gasteiger partial charge in [0.2, 0.25) is 5.91 Å². The first-order valence-corrected chi connectivity index (χ1v) is 6.40. The Kier molecular flexibility index (Phi) is 4.73. The number of nitrogens with one attached hydrogen (secondary N) is 1. The highest BCUT2D eigenvalue weighted by atomic mass is 16.5. The Morgan fingerprint density at radius 2 is 2.00 bits per heavy atom. The normalized spacial score (nSPS) is 18.3. The van der Waals surface area contributed by atoms with Gasteiger partial charge in [-0.2, -0.15) is 0 Å². The molecule has 4 nitrogen and oxygen atoms in total. The fourth-order valence-electron chi connectivity index (χ4n) is 2.07. The van der Waals surface area contributed by atoms with Gasteiger partial charge in [0.1, 0.15) is 0 Å². The molecule has 1 N–H and O–H groups in total. The first kappa shape index (κ1) is 13.1. The molecule has 1 atom stereocenters. The van der Waals surface area contributed by atoms with Crippen molar-refractivity contribution in [1.82, 2.24) is 10.2 Å². The standard InChI is InChI=1S/C14H20N2O2/c1-12(13-5-3-2-4-6-13)15-14(17)11-16-7-9-18-10-8-16/h2-6,12H,7-11H2,1H3,(H,15,17)/t12-/m0/s1. The summed E-state index contributed by atoms with van der Waals surface area (Å²) >= 11 is 0. The van der Waals surface area contributed by atoms with Crippen LogP contribution in [0.2, 0.25) is 0 Å². The van der Waals surface area contributed by atoms with Crippen molar-refractivity contribution in [3.05, 3.63) is 35.9 Å². The quantitative estimate of drug-likeness (QED) is 0.870. The third-order valence-electron chi connectivity index (χ3n) is 3.15. The molecule has 1 aromatic rings. The number of amides is 1. The number of nitrogens with zero attached hydrogens (tertiary/aromatic N) is 1. The Morgan fingerprint density at radius 1 is 1.33 bits per heavy atom. The zero-order valence-electron chi connectivity index (χ0n) is 10.8. The minimum Gasteiger partial charge on any atom is -0.379 e. The molecule has 0 aromatic heterocycles. The van der Waals surface area contributed by atoms with E-state index in [1.807, 2.05) is 37.3 Å². The van der Waals surface area contributed by atoms with E-state index in [1.165, 1.54) is 0 Å². The van der Waals surface area contributed by atoms with E-state index in [4.69, 9.17) is 4.74 Å². The van der Waals surface area contributed by atoms with Crippen LogP contribution >= 0.6 is 0 Å². The Balaban J connectivity index is 1.80. The first-order chi connectivity index (χ1) is 8.75. The van der Waals surface area contributed by atoms with E-state index in [9.17, 15) is 4.79 Å². The lowest BCUT2D eigenvalue weighted by Gasteiger charge is -2.26. The zero-order chi connectivity index (χ0) is 12.8. The van der Waals surface area contributed by atoms with Crippen LogP contribution < -0.4 is 5.32 Å². The third kappa shape index (κ3) is 3.82. The summed E-state index contributed by atoms with van der Waals surface area (Å²) in [5.74, 6) is 0.0771. The number of hydrogen-bond donors (Lipinski definition) is 1. The van der Waals surface area contributed by atoms with Crippen molar-refractivity contribution < 1.29 is 9.53 Å². The Bertz CT molecular complexity index is 375. The van der Waals surface area contributed by atoms with Crippen LogP contribution in [0.15, 0.2) is 30.3 Å². The van der Waals surface area contributed by atoms with Crippen LogP contribution in [0.4, 0.5) is 0 Å². The highest BCUT2D eigenvalue weighted by Crippen LogP contribution is 2.10. The van der Waals surface area contributed by atoms with Crippen LogP contribution in [0.25, 0.3) is 0 Å². The number of morpholine rings is 1. The molecule has 4 heteroatoms. The molecule has 0 radical (unpaired) electrons. The molecule has 98 valence electrons. The van der Waals surface area contributed by atoms with Crippen molar-refractivity contribution in [3.63, 3.8) is 0 Å². The third-order valence-corrected chi connectivity index (χ3v) is 3.15. The number of rotatable bonds is 4. The van der Waals surface area contributed by atoms with Gasteiger partial charge in [0.15, 0.2) is 0 Å². The molecule has 1 aliphatic heterocycles. The van der Waals surface area contributed by atoms with Gasteiger partial charge in [0, 0.05) is 13.1 Å². The van der Waals surface area contributed by atoms with Crippen LogP contribution in [0, 0.1) is 0 Å². The van der Waals surface area contributed by atoms with Crippen molar-refractivity contribution in [2.45, 2.75) is 13.0 Å². The minimum atomic E-state index is 0.0553. The Labute approximate surface area is 108 Å². The van der Waals surface area contributed by atoms with Crippen LogP contribution in [-0.4, -0.2) is 43.7 Å². The molecule has 0 bridgehead atoms. The van der Waals surface area contributed by atoms with Gasteiger partial charge in [-0.05, 0) is 12.5 Å². The topological polar surface area (TPSA) is 41.6 Å². The van der Waals surface area contributed by atoms with Crippen molar-refractivity contribution in [2.75, 3.05) is 32.8 Å². The Hall–Kier alpha value is -1.39. The van der Waals surface area contributed by atoms with Crippen LogP contribution in [0.3, 0.4) is 0 Å². The summed E-state index contributed by atoms with van der Waals surface area (Å²) in [7, 11) is 0. The summed E-state index contributed by atoms with van der Waals surface area (Å²) in [6.45, 7) is 5.59. The maximum Gasteiger partial charge on any atom is 0.234 e. The van der Waals surface area contributed by atoms with E-state index < -0.39 is 0 Å². The number of carbonyl (C=O) groups excluding carboxylic acids is 1. The number of benzene rings is 1. The molecule has 2 rings (SSSR count). The predicted octanol–water partition coefficient (Wildman–Crippen LogP) is 1.20.